The molecule has 0 amide bonds. The maximum Gasteiger partial charge on any atom is 0.0832 e. The van der Waals surface area contributed by atoms with Crippen LogP contribution in [0.5, 0.6) is 0 Å². The van der Waals surface area contributed by atoms with Gasteiger partial charge in [-0.3, -0.25) is 0 Å². The number of hydrogen-bond donors (Lipinski definition) is 1. The van der Waals surface area contributed by atoms with Crippen molar-refractivity contribution in [2.24, 2.45) is 5.92 Å². The maximum atomic E-state index is 10.0. The van der Waals surface area contributed by atoms with Gasteiger partial charge in [-0.1, -0.05) is 34.0 Å². The maximum absolute atomic E-state index is 10.0. The normalized spacial score (nSPS) is 19.1. The van der Waals surface area contributed by atoms with Gasteiger partial charge in [0.05, 0.1) is 6.10 Å². The van der Waals surface area contributed by atoms with Crippen molar-refractivity contribution < 1.29 is 5.11 Å². The summed E-state index contributed by atoms with van der Waals surface area (Å²) in [7, 11) is 0. The third-order valence-electron chi connectivity index (χ3n) is 2.87. The first kappa shape index (κ1) is 10.5. The summed E-state index contributed by atoms with van der Waals surface area (Å²) in [6, 6.07) is 5.62. The summed E-state index contributed by atoms with van der Waals surface area (Å²) in [5.74, 6) is 0.404. The van der Waals surface area contributed by atoms with Crippen molar-refractivity contribution in [3.8, 4) is 0 Å². The van der Waals surface area contributed by atoms with Gasteiger partial charge in [-0.25, -0.2) is 0 Å². The average Bonchev–Trinajstić information content (AvgIpc) is 2.06. The van der Waals surface area contributed by atoms with Crippen LogP contribution >= 0.6 is 27.5 Å². The second-order valence-electron chi connectivity index (χ2n) is 3.80. The Hall–Kier alpha value is -0.0500. The summed E-state index contributed by atoms with van der Waals surface area (Å²) >= 11 is 9.42. The minimum absolute atomic E-state index is 0.395. The lowest BCUT2D eigenvalue weighted by molar-refractivity contribution is 0.0621. The van der Waals surface area contributed by atoms with E-state index in [1.54, 1.807) is 0 Å². The van der Waals surface area contributed by atoms with E-state index in [0.717, 1.165) is 22.9 Å². The van der Waals surface area contributed by atoms with Crippen LogP contribution in [0.4, 0.5) is 0 Å². The Kier molecular flexibility index (Phi) is 3.15. The zero-order valence-electron chi connectivity index (χ0n) is 7.71. The van der Waals surface area contributed by atoms with E-state index in [-0.39, 0.29) is 0 Å². The van der Waals surface area contributed by atoms with E-state index < -0.39 is 6.10 Å². The van der Waals surface area contributed by atoms with Crippen molar-refractivity contribution in [3.63, 3.8) is 0 Å². The molecule has 1 aliphatic rings. The smallest absolute Gasteiger partial charge is 0.0832 e. The van der Waals surface area contributed by atoms with Crippen molar-refractivity contribution in [3.05, 3.63) is 33.3 Å². The van der Waals surface area contributed by atoms with Gasteiger partial charge in [0.15, 0.2) is 0 Å². The van der Waals surface area contributed by atoms with E-state index >= 15 is 0 Å². The highest BCUT2D eigenvalue weighted by molar-refractivity contribution is 9.10. The monoisotopic (exact) mass is 274 g/mol. The standard InChI is InChI=1S/C11H12BrClO/c12-8-4-5-10(13)9(6-8)11(14)7-2-1-3-7/h4-7,11,14H,1-3H2. The van der Waals surface area contributed by atoms with Gasteiger partial charge >= 0.3 is 0 Å². The fourth-order valence-corrected chi connectivity index (χ4v) is 2.36. The van der Waals surface area contributed by atoms with Gasteiger partial charge in [-0.15, -0.1) is 0 Å². The van der Waals surface area contributed by atoms with Crippen LogP contribution < -0.4 is 0 Å². The van der Waals surface area contributed by atoms with Crippen LogP contribution in [0.1, 0.15) is 30.9 Å². The molecule has 1 N–H and O–H groups in total. The molecule has 76 valence electrons. The molecule has 1 atom stereocenters. The molecule has 0 aromatic heterocycles. The van der Waals surface area contributed by atoms with Gasteiger partial charge < -0.3 is 5.11 Å². The topological polar surface area (TPSA) is 20.2 Å². The third-order valence-corrected chi connectivity index (χ3v) is 3.71. The van der Waals surface area contributed by atoms with Crippen molar-refractivity contribution in [2.75, 3.05) is 0 Å². The Bertz CT molecular complexity index is 336. The van der Waals surface area contributed by atoms with E-state index in [1.807, 2.05) is 18.2 Å². The fraction of sp³-hybridized carbons (Fsp3) is 0.455. The molecule has 1 nitrogen and oxygen atoms in total. The summed E-state index contributed by atoms with van der Waals surface area (Å²) in [6.45, 7) is 0. The van der Waals surface area contributed by atoms with E-state index in [2.05, 4.69) is 15.9 Å². The molecule has 1 aliphatic carbocycles. The third kappa shape index (κ3) is 1.97. The fourth-order valence-electron chi connectivity index (χ4n) is 1.75. The van der Waals surface area contributed by atoms with E-state index in [1.165, 1.54) is 6.42 Å². The molecule has 0 radical (unpaired) electrons. The summed E-state index contributed by atoms with van der Waals surface area (Å²) in [5.41, 5.74) is 0.853. The first-order valence-electron chi connectivity index (χ1n) is 4.81. The number of aliphatic hydroxyl groups excluding tert-OH is 1. The van der Waals surface area contributed by atoms with Crippen molar-refractivity contribution >= 4 is 27.5 Å². The van der Waals surface area contributed by atoms with Gasteiger partial charge in [0, 0.05) is 15.1 Å². The molecular formula is C11H12BrClO. The van der Waals surface area contributed by atoms with E-state index in [9.17, 15) is 5.11 Å². The molecule has 0 saturated heterocycles. The zero-order valence-corrected chi connectivity index (χ0v) is 10.1. The van der Waals surface area contributed by atoms with Crippen molar-refractivity contribution in [1.82, 2.24) is 0 Å². The summed E-state index contributed by atoms with van der Waals surface area (Å²) in [6.07, 6.45) is 3.07. The SMILES string of the molecule is OC(c1cc(Br)ccc1Cl)C1CCC1. The Balaban J connectivity index is 2.24. The minimum atomic E-state index is -0.395. The average molecular weight is 276 g/mol. The zero-order chi connectivity index (χ0) is 10.1. The first-order chi connectivity index (χ1) is 6.68. The van der Waals surface area contributed by atoms with Crippen LogP contribution in [0.3, 0.4) is 0 Å². The van der Waals surface area contributed by atoms with Crippen LogP contribution in [0.15, 0.2) is 22.7 Å². The molecule has 1 aromatic rings. The molecule has 0 heterocycles. The molecule has 3 heteroatoms. The lowest BCUT2D eigenvalue weighted by Gasteiger charge is -2.31. The number of aliphatic hydroxyl groups is 1. The molecule has 0 bridgehead atoms. The van der Waals surface area contributed by atoms with Crippen molar-refractivity contribution in [1.29, 1.82) is 0 Å². The highest BCUT2D eigenvalue weighted by atomic mass is 79.9. The molecule has 1 aromatic carbocycles. The predicted octanol–water partition coefficient (Wildman–Crippen LogP) is 3.94. The largest absolute Gasteiger partial charge is 0.388 e. The summed E-state index contributed by atoms with van der Waals surface area (Å²) < 4.78 is 0.968. The number of benzene rings is 1. The molecule has 14 heavy (non-hydrogen) atoms. The van der Waals surface area contributed by atoms with Crippen LogP contribution in [0, 0.1) is 5.92 Å². The van der Waals surface area contributed by atoms with Gasteiger partial charge in [-0.2, -0.15) is 0 Å². The summed E-state index contributed by atoms with van der Waals surface area (Å²) in [5, 5.41) is 10.7. The van der Waals surface area contributed by atoms with Crippen LogP contribution in [-0.2, 0) is 0 Å². The Morgan fingerprint density at radius 2 is 2.14 bits per heavy atom. The number of rotatable bonds is 2. The molecule has 0 spiro atoms. The van der Waals surface area contributed by atoms with Gasteiger partial charge in [0.25, 0.3) is 0 Å². The Labute approximate surface area is 97.2 Å². The van der Waals surface area contributed by atoms with Crippen LogP contribution in [0.2, 0.25) is 5.02 Å². The Morgan fingerprint density at radius 1 is 1.43 bits per heavy atom. The van der Waals surface area contributed by atoms with Crippen molar-refractivity contribution in [2.45, 2.75) is 25.4 Å². The van der Waals surface area contributed by atoms with E-state index in [0.29, 0.717) is 10.9 Å². The predicted molar refractivity (Wildman–Crippen MR) is 61.5 cm³/mol. The second-order valence-corrected chi connectivity index (χ2v) is 5.12. The van der Waals surface area contributed by atoms with Gasteiger partial charge in [-0.05, 0) is 37.0 Å². The van der Waals surface area contributed by atoms with Gasteiger partial charge in [0.1, 0.15) is 0 Å². The molecular weight excluding hydrogens is 263 g/mol. The minimum Gasteiger partial charge on any atom is -0.388 e. The molecule has 1 fully saturated rings. The first-order valence-corrected chi connectivity index (χ1v) is 5.98. The van der Waals surface area contributed by atoms with E-state index in [4.69, 9.17) is 11.6 Å². The second kappa shape index (κ2) is 4.21. The molecule has 0 aliphatic heterocycles. The highest BCUT2D eigenvalue weighted by Crippen LogP contribution is 2.40. The van der Waals surface area contributed by atoms with Gasteiger partial charge in [0.2, 0.25) is 0 Å². The molecule has 2 rings (SSSR count). The van der Waals surface area contributed by atoms with Crippen LogP contribution in [0.25, 0.3) is 0 Å². The molecule has 1 saturated carbocycles. The summed E-state index contributed by atoms with van der Waals surface area (Å²) in [4.78, 5) is 0. The molecule has 1 unspecified atom stereocenters. The Morgan fingerprint density at radius 3 is 2.71 bits per heavy atom. The number of halogens is 2. The lowest BCUT2D eigenvalue weighted by Crippen LogP contribution is -2.20. The van der Waals surface area contributed by atoms with Crippen LogP contribution in [-0.4, -0.2) is 5.11 Å². The quantitative estimate of drug-likeness (QED) is 0.867. The number of hydrogen-bond acceptors (Lipinski definition) is 1. The highest BCUT2D eigenvalue weighted by Gasteiger charge is 2.28. The lowest BCUT2D eigenvalue weighted by atomic mass is 9.79.